The van der Waals surface area contributed by atoms with Crippen molar-refractivity contribution in [2.75, 3.05) is 26.2 Å². The maximum absolute atomic E-state index is 13.8. The largest absolute Gasteiger partial charge is 0.417 e. The van der Waals surface area contributed by atoms with E-state index in [1.165, 1.54) is 18.1 Å². The van der Waals surface area contributed by atoms with E-state index in [9.17, 15) is 21.6 Å². The summed E-state index contributed by atoms with van der Waals surface area (Å²) in [4.78, 5) is 1.60. The van der Waals surface area contributed by atoms with Crippen LogP contribution in [0.3, 0.4) is 0 Å². The molecule has 7 N–H and O–H groups in total. The van der Waals surface area contributed by atoms with E-state index in [1.807, 2.05) is 24.3 Å². The predicted octanol–water partition coefficient (Wildman–Crippen LogP) is 1.68. The van der Waals surface area contributed by atoms with Gasteiger partial charge in [0.25, 0.3) is 0 Å². The van der Waals surface area contributed by atoms with Crippen LogP contribution in [0.15, 0.2) is 41.3 Å². The number of rotatable bonds is 5. The third kappa shape index (κ3) is 5.15. The molecule has 0 amide bonds. The van der Waals surface area contributed by atoms with E-state index < -0.39 is 32.8 Å². The Morgan fingerprint density at radius 2 is 1.61 bits per heavy atom. The molecule has 0 radical (unpaired) electrons. The SMILES string of the molecule is NS(=O)(=O)c1c(C(F)(F)F)ccc(-c2ccc(C3CCN(C4CCNC4)CC3)cc2)c1C1NNNN1. The van der Waals surface area contributed by atoms with Gasteiger partial charge in [-0.15, -0.1) is 0 Å². The Balaban J connectivity index is 1.46. The van der Waals surface area contributed by atoms with Crippen molar-refractivity contribution in [2.24, 2.45) is 5.14 Å². The summed E-state index contributed by atoms with van der Waals surface area (Å²) >= 11 is 0. The standard InChI is InChI=1S/C23H30F3N7O2S/c24-23(25,26)19-6-5-18(20(21(19)36(27,34)35)22-29-31-32-30-22)16-3-1-14(2-4-16)15-8-11-33(12-9-15)17-7-10-28-13-17/h1-6,15,17,22,28-32H,7-13H2,(H2,27,34,35). The molecule has 0 aromatic heterocycles. The molecule has 2 aromatic carbocycles. The molecular formula is C23H30F3N7O2S. The maximum atomic E-state index is 13.8. The van der Waals surface area contributed by atoms with Gasteiger partial charge < -0.3 is 5.32 Å². The van der Waals surface area contributed by atoms with Crippen LogP contribution in [0.1, 0.15) is 48.0 Å². The van der Waals surface area contributed by atoms with E-state index in [0.717, 1.165) is 45.1 Å². The van der Waals surface area contributed by atoms with Crippen molar-refractivity contribution >= 4 is 10.0 Å². The fourth-order valence-electron chi connectivity index (χ4n) is 5.55. The van der Waals surface area contributed by atoms with Gasteiger partial charge in [0.15, 0.2) is 0 Å². The van der Waals surface area contributed by atoms with Gasteiger partial charge in [0.05, 0.1) is 5.56 Å². The van der Waals surface area contributed by atoms with Gasteiger partial charge in [-0.25, -0.2) is 24.4 Å². The zero-order chi connectivity index (χ0) is 25.5. The number of piperidine rings is 1. The molecule has 36 heavy (non-hydrogen) atoms. The first-order valence-corrected chi connectivity index (χ1v) is 13.5. The number of nitrogens with zero attached hydrogens (tertiary/aromatic N) is 1. The second-order valence-corrected chi connectivity index (χ2v) is 11.0. The number of halogens is 3. The Hall–Kier alpha value is -2.10. The van der Waals surface area contributed by atoms with Gasteiger partial charge in [0.2, 0.25) is 10.0 Å². The third-order valence-corrected chi connectivity index (χ3v) is 8.35. The average molecular weight is 526 g/mol. The average Bonchev–Trinajstić information content (AvgIpc) is 3.57. The molecule has 3 aliphatic heterocycles. The van der Waals surface area contributed by atoms with E-state index >= 15 is 0 Å². The number of hydrogen-bond acceptors (Lipinski definition) is 8. The fraction of sp³-hybridized carbons (Fsp3) is 0.478. The Bertz CT molecular complexity index is 1190. The topological polar surface area (TPSA) is 124 Å². The quantitative estimate of drug-likeness (QED) is 0.349. The first kappa shape index (κ1) is 25.5. The van der Waals surface area contributed by atoms with E-state index in [2.05, 4.69) is 32.1 Å². The lowest BCUT2D eigenvalue weighted by molar-refractivity contribution is -0.140. The van der Waals surface area contributed by atoms with Gasteiger partial charge >= 0.3 is 6.18 Å². The first-order chi connectivity index (χ1) is 17.1. The predicted molar refractivity (Wildman–Crippen MR) is 128 cm³/mol. The molecule has 1 unspecified atom stereocenters. The van der Waals surface area contributed by atoms with E-state index in [-0.39, 0.29) is 5.56 Å². The monoisotopic (exact) mass is 525 g/mol. The number of hydrazine groups is 3. The Morgan fingerprint density at radius 3 is 2.17 bits per heavy atom. The van der Waals surface area contributed by atoms with Crippen LogP contribution in [0.25, 0.3) is 11.1 Å². The van der Waals surface area contributed by atoms with Crippen LogP contribution in [0.5, 0.6) is 0 Å². The van der Waals surface area contributed by atoms with Crippen molar-refractivity contribution < 1.29 is 21.6 Å². The molecule has 1 atom stereocenters. The minimum absolute atomic E-state index is 0.115. The van der Waals surface area contributed by atoms with Crippen LogP contribution in [-0.2, 0) is 16.2 Å². The summed E-state index contributed by atoms with van der Waals surface area (Å²) in [5.41, 5.74) is 11.1. The highest BCUT2D eigenvalue weighted by Crippen LogP contribution is 2.41. The van der Waals surface area contributed by atoms with Gasteiger partial charge in [-0.1, -0.05) is 30.3 Å². The first-order valence-electron chi connectivity index (χ1n) is 12.0. The number of sulfonamides is 1. The molecule has 196 valence electrons. The summed E-state index contributed by atoms with van der Waals surface area (Å²) in [6, 6.07) is 10.3. The molecule has 0 bridgehead atoms. The van der Waals surface area contributed by atoms with Gasteiger partial charge in [-0.3, -0.25) is 4.90 Å². The smallest absolute Gasteiger partial charge is 0.315 e. The number of likely N-dealkylation sites (tertiary alicyclic amines) is 1. The normalized spacial score (nSPS) is 22.9. The minimum atomic E-state index is -4.90. The van der Waals surface area contributed by atoms with Gasteiger partial charge in [0.1, 0.15) is 11.1 Å². The fourth-order valence-corrected chi connectivity index (χ4v) is 6.57. The second kappa shape index (κ2) is 9.99. The van der Waals surface area contributed by atoms with Gasteiger partial charge in [-0.05, 0) is 67.6 Å². The highest BCUT2D eigenvalue weighted by Gasteiger charge is 2.40. The third-order valence-electron chi connectivity index (χ3n) is 7.34. The molecule has 2 aromatic rings. The highest BCUT2D eigenvalue weighted by atomic mass is 32.2. The zero-order valence-corrected chi connectivity index (χ0v) is 20.3. The molecule has 0 aliphatic carbocycles. The zero-order valence-electron chi connectivity index (χ0n) is 19.5. The lowest BCUT2D eigenvalue weighted by atomic mass is 9.87. The summed E-state index contributed by atoms with van der Waals surface area (Å²) < 4.78 is 66.1. The van der Waals surface area contributed by atoms with Crippen molar-refractivity contribution in [2.45, 2.75) is 48.5 Å². The number of nitrogens with two attached hydrogens (primary N) is 1. The van der Waals surface area contributed by atoms with Crippen molar-refractivity contribution in [3.8, 4) is 11.1 Å². The summed E-state index contributed by atoms with van der Waals surface area (Å²) in [6.45, 7) is 4.20. The second-order valence-electron chi connectivity index (χ2n) is 9.50. The van der Waals surface area contributed by atoms with Crippen molar-refractivity contribution in [1.29, 1.82) is 0 Å². The molecule has 3 aliphatic rings. The molecule has 13 heteroatoms. The number of alkyl halides is 3. The van der Waals surface area contributed by atoms with Crippen LogP contribution in [-0.4, -0.2) is 45.5 Å². The van der Waals surface area contributed by atoms with Gasteiger partial charge in [0, 0.05) is 18.2 Å². The van der Waals surface area contributed by atoms with Crippen LogP contribution < -0.4 is 32.4 Å². The molecule has 0 saturated carbocycles. The number of hydrogen-bond donors (Lipinski definition) is 6. The summed E-state index contributed by atoms with van der Waals surface area (Å²) in [6.07, 6.45) is -2.61. The van der Waals surface area contributed by atoms with Crippen LogP contribution in [0.2, 0.25) is 0 Å². The molecular weight excluding hydrogens is 495 g/mol. The van der Waals surface area contributed by atoms with E-state index in [1.54, 1.807) is 0 Å². The molecule has 3 heterocycles. The van der Waals surface area contributed by atoms with E-state index in [0.29, 0.717) is 23.1 Å². The Labute approximate surface area is 208 Å². The van der Waals surface area contributed by atoms with Crippen molar-refractivity contribution in [3.63, 3.8) is 0 Å². The lowest BCUT2D eigenvalue weighted by Crippen LogP contribution is -2.42. The summed E-state index contributed by atoms with van der Waals surface area (Å²) in [5, 5.41) is 8.73. The number of nitrogens with one attached hydrogen (secondary N) is 5. The molecule has 3 fully saturated rings. The van der Waals surface area contributed by atoms with Crippen LogP contribution in [0, 0.1) is 0 Å². The number of benzene rings is 2. The van der Waals surface area contributed by atoms with Crippen LogP contribution >= 0.6 is 0 Å². The summed E-state index contributed by atoms with van der Waals surface area (Å²) in [7, 11) is -4.72. The lowest BCUT2D eigenvalue weighted by Gasteiger charge is -2.36. The maximum Gasteiger partial charge on any atom is 0.417 e. The summed E-state index contributed by atoms with van der Waals surface area (Å²) in [5.74, 6) is 0.406. The Morgan fingerprint density at radius 1 is 0.944 bits per heavy atom. The Kier molecular flexibility index (Phi) is 7.09. The van der Waals surface area contributed by atoms with Crippen LogP contribution in [0.4, 0.5) is 13.2 Å². The highest BCUT2D eigenvalue weighted by molar-refractivity contribution is 7.89. The van der Waals surface area contributed by atoms with Crippen molar-refractivity contribution in [1.82, 2.24) is 32.1 Å². The molecule has 5 rings (SSSR count). The van der Waals surface area contributed by atoms with E-state index in [4.69, 9.17) is 5.14 Å². The van der Waals surface area contributed by atoms with Gasteiger partial charge in [-0.2, -0.15) is 24.2 Å². The molecule has 3 saturated heterocycles. The minimum Gasteiger partial charge on any atom is -0.315 e. The molecule has 0 spiro atoms. The number of primary sulfonamides is 1. The van der Waals surface area contributed by atoms with Crippen molar-refractivity contribution in [3.05, 3.63) is 53.1 Å². The molecule has 9 nitrogen and oxygen atoms in total.